The van der Waals surface area contributed by atoms with Gasteiger partial charge >= 0.3 is 5.97 Å². The molecular formula is C21H25N5O3. The van der Waals surface area contributed by atoms with Crippen LogP contribution < -0.4 is 5.32 Å². The van der Waals surface area contributed by atoms with E-state index in [4.69, 9.17) is 9.15 Å². The largest absolute Gasteiger partial charge is 0.465 e. The molecule has 3 aromatic rings. The van der Waals surface area contributed by atoms with Crippen molar-refractivity contribution in [2.45, 2.75) is 20.0 Å². The third kappa shape index (κ3) is 4.84. The molecule has 2 heterocycles. The summed E-state index contributed by atoms with van der Waals surface area (Å²) in [5.41, 5.74) is 2.49. The zero-order chi connectivity index (χ0) is 20.8. The standard InChI is InChI=1S/C21H25N5O3/c1-14-17(20(27)28-4)10-16(29-14)11-24-21(22-2)26(3)13-19-23-12-18(25-19)15-8-6-5-7-9-15/h5-10,12H,11,13H2,1-4H3,(H,22,24)(H,23,25). The van der Waals surface area contributed by atoms with Crippen molar-refractivity contribution < 1.29 is 13.9 Å². The average molecular weight is 395 g/mol. The molecule has 0 aliphatic heterocycles. The molecule has 0 unspecified atom stereocenters. The van der Waals surface area contributed by atoms with Crippen LogP contribution in [0.2, 0.25) is 0 Å². The molecule has 2 N–H and O–H groups in total. The number of esters is 1. The summed E-state index contributed by atoms with van der Waals surface area (Å²) in [6.07, 6.45) is 1.83. The number of carbonyl (C=O) groups is 1. The number of aliphatic imine (C=N–C) groups is 1. The van der Waals surface area contributed by atoms with Crippen LogP contribution in [0.25, 0.3) is 11.3 Å². The van der Waals surface area contributed by atoms with Gasteiger partial charge in [0.25, 0.3) is 0 Å². The Morgan fingerprint density at radius 3 is 2.79 bits per heavy atom. The predicted molar refractivity (Wildman–Crippen MR) is 110 cm³/mol. The molecule has 8 nitrogen and oxygen atoms in total. The number of carbonyl (C=O) groups excluding carboxylic acids is 1. The summed E-state index contributed by atoms with van der Waals surface area (Å²) in [7, 11) is 4.98. The molecule has 0 saturated carbocycles. The third-order valence-electron chi connectivity index (χ3n) is 4.47. The molecule has 0 fully saturated rings. The van der Waals surface area contributed by atoms with E-state index >= 15 is 0 Å². The minimum absolute atomic E-state index is 0.391. The zero-order valence-electron chi connectivity index (χ0n) is 17.0. The highest BCUT2D eigenvalue weighted by Crippen LogP contribution is 2.17. The Kier molecular flexibility index (Phi) is 6.33. The normalized spacial score (nSPS) is 11.4. The Labute approximate surface area is 169 Å². The highest BCUT2D eigenvalue weighted by Gasteiger charge is 2.16. The van der Waals surface area contributed by atoms with Gasteiger partial charge in [-0.15, -0.1) is 0 Å². The number of imidazole rings is 1. The second kappa shape index (κ2) is 9.09. The van der Waals surface area contributed by atoms with Crippen LogP contribution in [0, 0.1) is 6.92 Å². The first kappa shape index (κ1) is 20.2. The van der Waals surface area contributed by atoms with Crippen molar-refractivity contribution in [2.24, 2.45) is 4.99 Å². The van der Waals surface area contributed by atoms with Gasteiger partial charge in [-0.1, -0.05) is 30.3 Å². The van der Waals surface area contributed by atoms with Crippen molar-refractivity contribution in [1.29, 1.82) is 0 Å². The lowest BCUT2D eigenvalue weighted by molar-refractivity contribution is 0.0599. The summed E-state index contributed by atoms with van der Waals surface area (Å²) in [6.45, 7) is 2.68. The molecule has 29 heavy (non-hydrogen) atoms. The van der Waals surface area contributed by atoms with Gasteiger partial charge in [0.1, 0.15) is 22.9 Å². The van der Waals surface area contributed by atoms with Gasteiger partial charge in [-0.05, 0) is 18.6 Å². The van der Waals surface area contributed by atoms with E-state index in [9.17, 15) is 4.79 Å². The first-order chi connectivity index (χ1) is 14.0. The maximum atomic E-state index is 11.7. The number of nitrogens with one attached hydrogen (secondary N) is 2. The van der Waals surface area contributed by atoms with Gasteiger partial charge in [-0.25, -0.2) is 9.78 Å². The second-order valence-corrected chi connectivity index (χ2v) is 6.54. The molecule has 3 rings (SSSR count). The monoisotopic (exact) mass is 395 g/mol. The lowest BCUT2D eigenvalue weighted by Gasteiger charge is -2.20. The number of aromatic nitrogens is 2. The van der Waals surface area contributed by atoms with Crippen LogP contribution in [0.5, 0.6) is 0 Å². The van der Waals surface area contributed by atoms with Gasteiger partial charge in [0, 0.05) is 14.1 Å². The lowest BCUT2D eigenvalue weighted by Crippen LogP contribution is -2.38. The van der Waals surface area contributed by atoms with Crippen LogP contribution in [0.3, 0.4) is 0 Å². The number of H-pyrrole nitrogens is 1. The summed E-state index contributed by atoms with van der Waals surface area (Å²) in [5.74, 6) is 2.25. The number of hydrogen-bond donors (Lipinski definition) is 2. The number of ether oxygens (including phenoxy) is 1. The van der Waals surface area contributed by atoms with Gasteiger partial charge in [0.15, 0.2) is 5.96 Å². The molecular weight excluding hydrogens is 370 g/mol. The average Bonchev–Trinajstić information content (AvgIpc) is 3.35. The number of aryl methyl sites for hydroxylation is 1. The molecule has 0 aliphatic carbocycles. The fourth-order valence-electron chi connectivity index (χ4n) is 3.00. The number of nitrogens with zero attached hydrogens (tertiary/aromatic N) is 3. The SMILES string of the molecule is CN=C(NCc1cc(C(=O)OC)c(C)o1)N(C)Cc1ncc(-c2ccccc2)[nH]1. The number of aromatic amines is 1. The van der Waals surface area contributed by atoms with E-state index in [1.54, 1.807) is 20.0 Å². The fraction of sp³-hybridized carbons (Fsp3) is 0.286. The predicted octanol–water partition coefficient (Wildman–Crippen LogP) is 2.97. The first-order valence-corrected chi connectivity index (χ1v) is 9.20. The van der Waals surface area contributed by atoms with Crippen molar-refractivity contribution in [2.75, 3.05) is 21.2 Å². The molecule has 8 heteroatoms. The molecule has 0 bridgehead atoms. The molecule has 152 valence electrons. The number of guanidine groups is 1. The van der Waals surface area contributed by atoms with Crippen LogP contribution in [0.4, 0.5) is 0 Å². The lowest BCUT2D eigenvalue weighted by atomic mass is 10.2. The first-order valence-electron chi connectivity index (χ1n) is 9.20. The summed E-state index contributed by atoms with van der Waals surface area (Å²) >= 11 is 0. The zero-order valence-corrected chi connectivity index (χ0v) is 17.0. The minimum atomic E-state index is -0.411. The summed E-state index contributed by atoms with van der Waals surface area (Å²) in [5, 5.41) is 3.23. The molecule has 0 saturated heterocycles. The van der Waals surface area contributed by atoms with E-state index in [0.717, 1.165) is 17.1 Å². The Bertz CT molecular complexity index is 991. The second-order valence-electron chi connectivity index (χ2n) is 6.54. The summed E-state index contributed by atoms with van der Waals surface area (Å²) < 4.78 is 10.4. The van der Waals surface area contributed by atoms with Gasteiger partial charge in [-0.3, -0.25) is 4.99 Å². The van der Waals surface area contributed by atoms with Crippen molar-refractivity contribution >= 4 is 11.9 Å². The molecule has 0 aliphatic rings. The highest BCUT2D eigenvalue weighted by molar-refractivity contribution is 5.90. The number of hydrogen-bond acceptors (Lipinski definition) is 5. The van der Waals surface area contributed by atoms with E-state index in [2.05, 4.69) is 20.3 Å². The molecule has 0 radical (unpaired) electrons. The number of rotatable bonds is 6. The van der Waals surface area contributed by atoms with Crippen molar-refractivity contribution in [1.82, 2.24) is 20.2 Å². The van der Waals surface area contributed by atoms with E-state index in [1.807, 2.05) is 48.5 Å². The third-order valence-corrected chi connectivity index (χ3v) is 4.47. The van der Waals surface area contributed by atoms with Crippen molar-refractivity contribution in [3.8, 4) is 11.3 Å². The van der Waals surface area contributed by atoms with Crippen LogP contribution >= 0.6 is 0 Å². The van der Waals surface area contributed by atoms with E-state index in [1.165, 1.54) is 7.11 Å². The van der Waals surface area contributed by atoms with Crippen molar-refractivity contribution in [3.05, 3.63) is 65.5 Å². The Morgan fingerprint density at radius 1 is 1.34 bits per heavy atom. The molecule has 0 amide bonds. The molecule has 0 atom stereocenters. The smallest absolute Gasteiger partial charge is 0.341 e. The van der Waals surface area contributed by atoms with Crippen LogP contribution in [-0.2, 0) is 17.8 Å². The maximum Gasteiger partial charge on any atom is 0.341 e. The van der Waals surface area contributed by atoms with Gasteiger partial charge < -0.3 is 24.4 Å². The topological polar surface area (TPSA) is 95.8 Å². The van der Waals surface area contributed by atoms with Gasteiger partial charge in [0.2, 0.25) is 0 Å². The number of benzene rings is 1. The van der Waals surface area contributed by atoms with E-state index in [0.29, 0.717) is 36.1 Å². The number of methoxy groups -OCH3 is 1. The highest BCUT2D eigenvalue weighted by atomic mass is 16.5. The van der Waals surface area contributed by atoms with E-state index < -0.39 is 5.97 Å². The number of furan rings is 1. The Hall–Kier alpha value is -3.55. The van der Waals surface area contributed by atoms with Crippen molar-refractivity contribution in [3.63, 3.8) is 0 Å². The Morgan fingerprint density at radius 2 is 2.10 bits per heavy atom. The Balaban J connectivity index is 1.61. The quantitative estimate of drug-likeness (QED) is 0.378. The summed E-state index contributed by atoms with van der Waals surface area (Å²) in [4.78, 5) is 25.8. The summed E-state index contributed by atoms with van der Waals surface area (Å²) in [6, 6.07) is 11.7. The van der Waals surface area contributed by atoms with Crippen LogP contribution in [0.1, 0.15) is 27.7 Å². The minimum Gasteiger partial charge on any atom is -0.465 e. The van der Waals surface area contributed by atoms with Gasteiger partial charge in [-0.2, -0.15) is 0 Å². The van der Waals surface area contributed by atoms with Crippen LogP contribution in [0.15, 0.2) is 52.0 Å². The van der Waals surface area contributed by atoms with E-state index in [-0.39, 0.29) is 0 Å². The maximum absolute atomic E-state index is 11.7. The van der Waals surface area contributed by atoms with Crippen LogP contribution in [-0.4, -0.2) is 48.0 Å². The molecule has 0 spiro atoms. The molecule has 1 aromatic carbocycles. The molecule has 2 aromatic heterocycles. The fourth-order valence-corrected chi connectivity index (χ4v) is 3.00. The van der Waals surface area contributed by atoms with Gasteiger partial charge in [0.05, 0.1) is 32.1 Å².